The molecular weight excluding hydrogens is 886 g/mol. The zero-order valence-electron chi connectivity index (χ0n) is 35.7. The van der Waals surface area contributed by atoms with Gasteiger partial charge in [0, 0.05) is 20.8 Å². The molecule has 5 saturated heterocycles. The highest BCUT2D eigenvalue weighted by Crippen LogP contribution is 2.34. The second kappa shape index (κ2) is 23.2. The lowest BCUT2D eigenvalue weighted by atomic mass is 9.92. The second-order valence-corrected chi connectivity index (χ2v) is 16.5. The van der Waals surface area contributed by atoms with Crippen LogP contribution in [0.5, 0.6) is 0 Å². The van der Waals surface area contributed by atoms with Crippen molar-refractivity contribution in [3.8, 4) is 0 Å². The molecule has 5 fully saturated rings. The summed E-state index contributed by atoms with van der Waals surface area (Å²) in [6.45, 7) is 0.717. The van der Waals surface area contributed by atoms with Crippen LogP contribution in [0, 0.1) is 0 Å². The summed E-state index contributed by atoms with van der Waals surface area (Å²) in [5, 5.41) is 146. The molecular formula is C37H63N3O25. The van der Waals surface area contributed by atoms with Crippen LogP contribution in [0.1, 0.15) is 27.7 Å². The summed E-state index contributed by atoms with van der Waals surface area (Å²) in [7, 11) is 0. The van der Waals surface area contributed by atoms with Crippen molar-refractivity contribution in [3.63, 3.8) is 0 Å². The van der Waals surface area contributed by atoms with Crippen molar-refractivity contribution in [2.45, 2.75) is 181 Å². The molecule has 5 heterocycles. The summed E-state index contributed by atoms with van der Waals surface area (Å²) < 4.78 is 52.2. The van der Waals surface area contributed by atoms with Gasteiger partial charge in [-0.15, -0.1) is 0 Å². The number of ether oxygens (including phenoxy) is 9. The minimum Gasteiger partial charge on any atom is -0.394 e. The van der Waals surface area contributed by atoms with Crippen LogP contribution in [0.2, 0.25) is 0 Å². The molecule has 0 aliphatic carbocycles. The minimum absolute atomic E-state index is 0.524. The lowest BCUT2D eigenvalue weighted by Crippen LogP contribution is -2.70. The first-order valence-electron chi connectivity index (χ1n) is 20.9. The fourth-order valence-electron chi connectivity index (χ4n) is 8.37. The van der Waals surface area contributed by atoms with E-state index in [2.05, 4.69) is 16.0 Å². The van der Waals surface area contributed by atoms with Crippen LogP contribution in [0.4, 0.5) is 0 Å². The molecule has 5 aliphatic rings. The lowest BCUT2D eigenvalue weighted by Gasteiger charge is -2.49. The topological polar surface area (TPSA) is 433 Å². The smallest absolute Gasteiger partial charge is 0.217 e. The van der Waals surface area contributed by atoms with Gasteiger partial charge in [-0.25, -0.2) is 0 Å². The van der Waals surface area contributed by atoms with Crippen molar-refractivity contribution in [1.82, 2.24) is 16.0 Å². The third-order valence-corrected chi connectivity index (χ3v) is 11.8. The molecule has 3 amide bonds. The lowest BCUT2D eigenvalue weighted by molar-refractivity contribution is -0.372. The first-order chi connectivity index (χ1) is 30.7. The number of aliphatic hydroxyl groups excluding tert-OH is 13. The van der Waals surface area contributed by atoms with Crippen molar-refractivity contribution in [2.24, 2.45) is 0 Å². The molecule has 0 saturated carbocycles. The Kier molecular flexibility index (Phi) is 19.1. The standard InChI is InChI=1S/C37H63N3O25/c1-10-19(38-11(2)45)26(52)31(16(7-43)58-10)63-35-21(40-13(4)47)27(53)32(17(8-44)61-35)64-36-30(56)28(54)24(50)18(62-36)9-57-37-33(29(55)23(49)15(6-42)60-37)65-34-20(39-12(3)46)25(51)22(48)14(5-41)59-34/h10,14-37,41-44,48-56H,5-9H2,1-4H3,(H,38,45)(H,39,46)(H,40,47)/t10-,14-,15?,16?,17?,18?,19+,20?,21-,22+,23+,24+,25?,26?,27?,28?,29-,30+,31+,32+,33?,34-,35-,36-,37-/m0/s1. The van der Waals surface area contributed by atoms with E-state index in [1.165, 1.54) is 13.8 Å². The fourth-order valence-corrected chi connectivity index (χ4v) is 8.37. The minimum atomic E-state index is -2.08. The summed E-state index contributed by atoms with van der Waals surface area (Å²) in [4.78, 5) is 36.3. The van der Waals surface area contributed by atoms with Gasteiger partial charge in [0.2, 0.25) is 17.7 Å². The van der Waals surface area contributed by atoms with Gasteiger partial charge in [0.05, 0.1) is 45.2 Å². The van der Waals surface area contributed by atoms with E-state index in [1.807, 2.05) is 0 Å². The molecule has 65 heavy (non-hydrogen) atoms. The van der Waals surface area contributed by atoms with Crippen molar-refractivity contribution >= 4 is 17.7 Å². The maximum absolute atomic E-state index is 12.4. The van der Waals surface area contributed by atoms with Crippen molar-refractivity contribution in [1.29, 1.82) is 0 Å². The molecule has 0 spiro atoms. The number of hydrogen-bond acceptors (Lipinski definition) is 25. The number of nitrogens with one attached hydrogen (secondary N) is 3. The van der Waals surface area contributed by atoms with E-state index in [9.17, 15) is 80.8 Å². The molecule has 0 aromatic carbocycles. The summed E-state index contributed by atoms with van der Waals surface area (Å²) in [5.41, 5.74) is 0. The van der Waals surface area contributed by atoms with Crippen LogP contribution in [0.3, 0.4) is 0 Å². The van der Waals surface area contributed by atoms with E-state index in [1.54, 1.807) is 0 Å². The Morgan fingerprint density at radius 3 is 1.32 bits per heavy atom. The summed E-state index contributed by atoms with van der Waals surface area (Å²) >= 11 is 0. The first-order valence-corrected chi connectivity index (χ1v) is 20.9. The van der Waals surface area contributed by atoms with Gasteiger partial charge in [0.1, 0.15) is 116 Å². The molecule has 0 bridgehead atoms. The van der Waals surface area contributed by atoms with Crippen molar-refractivity contribution < 1.29 is 123 Å². The molecule has 16 N–H and O–H groups in total. The number of rotatable bonds is 16. The first kappa shape index (κ1) is 53.5. The Balaban J connectivity index is 1.34. The van der Waals surface area contributed by atoms with Gasteiger partial charge >= 0.3 is 0 Å². The van der Waals surface area contributed by atoms with Crippen LogP contribution in [-0.4, -0.2) is 270 Å². The zero-order chi connectivity index (χ0) is 48.2. The molecule has 5 aliphatic heterocycles. The number of aliphatic hydroxyl groups is 13. The van der Waals surface area contributed by atoms with E-state index in [-0.39, 0.29) is 0 Å². The van der Waals surface area contributed by atoms with Gasteiger partial charge in [-0.3, -0.25) is 14.4 Å². The Morgan fingerprint density at radius 1 is 0.415 bits per heavy atom. The van der Waals surface area contributed by atoms with Gasteiger partial charge in [-0.05, 0) is 6.92 Å². The normalized spacial score (nSPS) is 47.1. The maximum Gasteiger partial charge on any atom is 0.217 e. The van der Waals surface area contributed by atoms with E-state index in [4.69, 9.17) is 42.6 Å². The highest BCUT2D eigenvalue weighted by atomic mass is 16.8. The van der Waals surface area contributed by atoms with Gasteiger partial charge in [0.25, 0.3) is 0 Å². The number of carbonyl (C=O) groups is 3. The van der Waals surface area contributed by atoms with Gasteiger partial charge < -0.3 is 125 Å². The van der Waals surface area contributed by atoms with Crippen molar-refractivity contribution in [3.05, 3.63) is 0 Å². The predicted octanol–water partition coefficient (Wildman–Crippen LogP) is -10.4. The van der Waals surface area contributed by atoms with Crippen LogP contribution < -0.4 is 16.0 Å². The van der Waals surface area contributed by atoms with Gasteiger partial charge in [-0.2, -0.15) is 0 Å². The molecule has 10 unspecified atom stereocenters. The summed E-state index contributed by atoms with van der Waals surface area (Å²) in [6.07, 6.45) is -37.5. The maximum atomic E-state index is 12.4. The van der Waals surface area contributed by atoms with E-state index in [0.717, 1.165) is 13.8 Å². The van der Waals surface area contributed by atoms with Crippen LogP contribution in [0.25, 0.3) is 0 Å². The molecule has 5 rings (SSSR count). The monoisotopic (exact) mass is 949 g/mol. The van der Waals surface area contributed by atoms with E-state index >= 15 is 0 Å². The molecule has 0 radical (unpaired) electrons. The molecule has 28 nitrogen and oxygen atoms in total. The number of carbonyl (C=O) groups excluding carboxylic acids is 3. The largest absolute Gasteiger partial charge is 0.394 e. The number of amides is 3. The third-order valence-electron chi connectivity index (χ3n) is 11.8. The fraction of sp³-hybridized carbons (Fsp3) is 0.919. The third kappa shape index (κ3) is 12.0. The van der Waals surface area contributed by atoms with Gasteiger partial charge in [-0.1, -0.05) is 0 Å². The van der Waals surface area contributed by atoms with E-state index < -0.39 is 204 Å². The van der Waals surface area contributed by atoms with E-state index in [0.29, 0.717) is 0 Å². The molecule has 0 aromatic heterocycles. The molecule has 376 valence electrons. The van der Waals surface area contributed by atoms with Crippen LogP contribution >= 0.6 is 0 Å². The Bertz CT molecular complexity index is 1560. The van der Waals surface area contributed by atoms with Crippen molar-refractivity contribution in [2.75, 3.05) is 33.0 Å². The quantitative estimate of drug-likeness (QED) is 0.0683. The summed E-state index contributed by atoms with van der Waals surface area (Å²) in [5.74, 6) is -1.98. The highest BCUT2D eigenvalue weighted by Gasteiger charge is 2.56. The second-order valence-electron chi connectivity index (χ2n) is 16.5. The predicted molar refractivity (Wildman–Crippen MR) is 205 cm³/mol. The molecule has 0 aromatic rings. The molecule has 28 heteroatoms. The summed E-state index contributed by atoms with van der Waals surface area (Å²) in [6, 6.07) is -4.17. The highest BCUT2D eigenvalue weighted by molar-refractivity contribution is 5.74. The number of hydrogen-bond donors (Lipinski definition) is 16. The molecule has 25 atom stereocenters. The van der Waals surface area contributed by atoms with Crippen LogP contribution in [-0.2, 0) is 57.0 Å². The Morgan fingerprint density at radius 2 is 0.800 bits per heavy atom. The van der Waals surface area contributed by atoms with Crippen LogP contribution in [0.15, 0.2) is 0 Å². The average Bonchev–Trinajstić information content (AvgIpc) is 3.26. The Labute approximate surface area is 370 Å². The Hall–Kier alpha value is -2.47. The van der Waals surface area contributed by atoms with Gasteiger partial charge in [0.15, 0.2) is 25.2 Å². The zero-order valence-corrected chi connectivity index (χ0v) is 35.7. The average molecular weight is 950 g/mol. The SMILES string of the molecule is CC(=O)NC1C(O)[C@H](O)[C@H](CO)O[C@H]1OC1[C@@H](OCC2O[C@@H](O[C@@H]3C(CO)O[C@@H](O[C@@H]4C(CO)O[C@@H](C)[C@@H](NC(C)=O)C4O)[C@@H](NC(C)=O)C3O)[C@H](O)C(O)[C@@H]2O)OC(CO)[C@@H](O)[C@@H]1O.